The summed E-state index contributed by atoms with van der Waals surface area (Å²) in [4.78, 5) is 43.0. The van der Waals surface area contributed by atoms with Crippen molar-refractivity contribution in [2.45, 2.75) is 26.3 Å². The van der Waals surface area contributed by atoms with Crippen molar-refractivity contribution in [3.05, 3.63) is 61.5 Å². The van der Waals surface area contributed by atoms with Gasteiger partial charge < -0.3 is 5.11 Å². The summed E-state index contributed by atoms with van der Waals surface area (Å²) in [7, 11) is 2.85. The Morgan fingerprint density at radius 1 is 1.00 bits per heavy atom. The number of fused-ring (bicyclic) bond motifs is 3. The highest BCUT2D eigenvalue weighted by Gasteiger charge is 2.24. The van der Waals surface area contributed by atoms with E-state index < -0.39 is 16.8 Å². The topological polar surface area (TPSA) is 104 Å². The van der Waals surface area contributed by atoms with Crippen molar-refractivity contribution in [2.75, 3.05) is 0 Å². The maximum atomic E-state index is 13.4. The average molecular weight is 395 g/mol. The second-order valence-corrected chi connectivity index (χ2v) is 7.00. The number of aromatic hydroxyl groups is 1. The smallest absolute Gasteiger partial charge is 0.332 e. The number of nitrogens with zero attached hydrogens (tertiary/aromatic N) is 5. The first-order chi connectivity index (χ1) is 13.9. The lowest BCUT2D eigenvalue weighted by molar-refractivity contribution is 0.410. The second kappa shape index (κ2) is 6.77. The Morgan fingerprint density at radius 2 is 1.69 bits per heavy atom. The molecule has 150 valence electrons. The van der Waals surface area contributed by atoms with Crippen LogP contribution in [0, 0.1) is 0 Å². The van der Waals surface area contributed by atoms with Crippen LogP contribution in [0.4, 0.5) is 0 Å². The molecule has 29 heavy (non-hydrogen) atoms. The van der Waals surface area contributed by atoms with Crippen molar-refractivity contribution in [3.8, 4) is 17.0 Å². The van der Waals surface area contributed by atoms with E-state index in [0.29, 0.717) is 12.1 Å². The predicted octanol–water partition coefficient (Wildman–Crippen LogP) is 1.22. The highest BCUT2D eigenvalue weighted by atomic mass is 16.3. The molecular weight excluding hydrogens is 374 g/mol. The number of aryl methyl sites for hydroxylation is 2. The fourth-order valence-electron chi connectivity index (χ4n) is 3.57. The fraction of sp³-hybridized carbons (Fsp3) is 0.300. The van der Waals surface area contributed by atoms with Crippen molar-refractivity contribution in [3.63, 3.8) is 0 Å². The molecule has 0 aliphatic rings. The maximum Gasteiger partial charge on any atom is 0.332 e. The van der Waals surface area contributed by atoms with Crippen LogP contribution in [-0.2, 0) is 20.6 Å². The van der Waals surface area contributed by atoms with Gasteiger partial charge in [0.2, 0.25) is 11.7 Å². The van der Waals surface area contributed by atoms with Crippen LogP contribution >= 0.6 is 0 Å². The van der Waals surface area contributed by atoms with Gasteiger partial charge in [0.1, 0.15) is 5.56 Å². The van der Waals surface area contributed by atoms with Crippen molar-refractivity contribution >= 4 is 16.9 Å². The van der Waals surface area contributed by atoms with Gasteiger partial charge in [0.15, 0.2) is 11.2 Å². The Labute approximate surface area is 164 Å². The molecule has 0 saturated heterocycles. The molecule has 0 saturated carbocycles. The molecule has 1 N–H and O–H groups in total. The number of benzene rings is 1. The summed E-state index contributed by atoms with van der Waals surface area (Å²) < 4.78 is 4.90. The van der Waals surface area contributed by atoms with Gasteiger partial charge >= 0.3 is 5.69 Å². The van der Waals surface area contributed by atoms with Gasteiger partial charge in [-0.1, -0.05) is 43.7 Å². The quantitative estimate of drug-likeness (QED) is 0.560. The zero-order valence-electron chi connectivity index (χ0n) is 16.4. The van der Waals surface area contributed by atoms with Gasteiger partial charge in [-0.3, -0.25) is 23.3 Å². The van der Waals surface area contributed by atoms with Gasteiger partial charge in [0.25, 0.3) is 11.1 Å². The molecule has 0 aliphatic carbocycles. The third kappa shape index (κ3) is 2.61. The highest BCUT2D eigenvalue weighted by molar-refractivity contribution is 5.78. The lowest BCUT2D eigenvalue weighted by atomic mass is 10.1. The molecule has 0 spiro atoms. The monoisotopic (exact) mass is 395 g/mol. The van der Waals surface area contributed by atoms with Gasteiger partial charge in [-0.15, -0.1) is 0 Å². The van der Waals surface area contributed by atoms with Gasteiger partial charge in [-0.2, -0.15) is 4.98 Å². The zero-order valence-corrected chi connectivity index (χ0v) is 16.4. The number of hydrogen-bond acceptors (Lipinski definition) is 5. The molecular formula is C20H21N5O4. The molecule has 4 aromatic rings. The first-order valence-corrected chi connectivity index (χ1v) is 9.37. The van der Waals surface area contributed by atoms with Gasteiger partial charge in [-0.05, 0) is 12.0 Å². The van der Waals surface area contributed by atoms with E-state index in [2.05, 4.69) is 4.98 Å². The van der Waals surface area contributed by atoms with Crippen molar-refractivity contribution in [1.29, 1.82) is 0 Å². The molecule has 0 aliphatic heterocycles. The van der Waals surface area contributed by atoms with Crippen molar-refractivity contribution < 1.29 is 5.11 Å². The standard InChI is InChI=1S/C20H21N5O4/c1-4-5-11-24-16(26)13(12-9-7-6-8-10-12)17(27)25-14-15(21-19(24)25)22(2)20(29)23(3)18(14)28/h6-10,26H,4-5,11H2,1-3H3. The number of rotatable bonds is 4. The Bertz CT molecular complexity index is 1420. The third-order valence-corrected chi connectivity index (χ3v) is 5.18. The molecule has 1 aromatic carbocycles. The third-order valence-electron chi connectivity index (χ3n) is 5.18. The fourth-order valence-corrected chi connectivity index (χ4v) is 3.57. The SMILES string of the molecule is CCCCn1c(O)c(-c2ccccc2)c(=O)n2c3c(=O)n(C)c(=O)n(C)c3nc12. The van der Waals surface area contributed by atoms with Crippen LogP contribution in [0.5, 0.6) is 5.88 Å². The molecule has 0 atom stereocenters. The minimum atomic E-state index is -0.612. The Morgan fingerprint density at radius 3 is 2.34 bits per heavy atom. The first kappa shape index (κ1) is 18.7. The van der Waals surface area contributed by atoms with Gasteiger partial charge in [0.05, 0.1) is 0 Å². The number of imidazole rings is 1. The number of unbranched alkanes of at least 4 members (excludes halogenated alkanes) is 1. The van der Waals surface area contributed by atoms with E-state index >= 15 is 0 Å². The van der Waals surface area contributed by atoms with E-state index in [0.717, 1.165) is 17.4 Å². The van der Waals surface area contributed by atoms with E-state index in [1.54, 1.807) is 24.3 Å². The summed E-state index contributed by atoms with van der Waals surface area (Å²) in [6.07, 6.45) is 1.60. The van der Waals surface area contributed by atoms with Crippen LogP contribution in [0.1, 0.15) is 19.8 Å². The van der Waals surface area contributed by atoms with E-state index in [4.69, 9.17) is 0 Å². The van der Waals surface area contributed by atoms with Crippen molar-refractivity contribution in [1.82, 2.24) is 23.1 Å². The molecule has 4 rings (SSSR count). The average Bonchev–Trinajstić information content (AvgIpc) is 3.12. The Balaban J connectivity index is 2.29. The molecule has 0 fully saturated rings. The maximum absolute atomic E-state index is 13.4. The normalized spacial score (nSPS) is 11.6. The van der Waals surface area contributed by atoms with E-state index in [1.165, 1.54) is 27.6 Å². The van der Waals surface area contributed by atoms with Crippen LogP contribution in [0.15, 0.2) is 44.7 Å². The Hall–Kier alpha value is -3.62. The summed E-state index contributed by atoms with van der Waals surface area (Å²) in [5, 5.41) is 11.0. The van der Waals surface area contributed by atoms with Crippen molar-refractivity contribution in [2.24, 2.45) is 14.1 Å². The number of aromatic nitrogens is 5. The van der Waals surface area contributed by atoms with E-state index in [9.17, 15) is 19.5 Å². The lowest BCUT2D eigenvalue weighted by Crippen LogP contribution is -2.38. The van der Waals surface area contributed by atoms with E-state index in [1.807, 2.05) is 13.0 Å². The van der Waals surface area contributed by atoms with Crippen LogP contribution in [-0.4, -0.2) is 28.2 Å². The van der Waals surface area contributed by atoms with E-state index in [-0.39, 0.29) is 28.4 Å². The number of hydrogen-bond donors (Lipinski definition) is 1. The molecule has 0 radical (unpaired) electrons. The van der Waals surface area contributed by atoms with Crippen LogP contribution in [0.3, 0.4) is 0 Å². The van der Waals surface area contributed by atoms with Gasteiger partial charge in [-0.25, -0.2) is 9.20 Å². The summed E-state index contributed by atoms with van der Waals surface area (Å²) in [5.74, 6) is -0.0757. The predicted molar refractivity (Wildman–Crippen MR) is 109 cm³/mol. The lowest BCUT2D eigenvalue weighted by Gasteiger charge is -2.14. The summed E-state index contributed by atoms with van der Waals surface area (Å²) >= 11 is 0. The largest absolute Gasteiger partial charge is 0.494 e. The first-order valence-electron chi connectivity index (χ1n) is 9.37. The molecule has 9 nitrogen and oxygen atoms in total. The van der Waals surface area contributed by atoms with Gasteiger partial charge in [0, 0.05) is 20.6 Å². The van der Waals surface area contributed by atoms with Crippen LogP contribution < -0.4 is 16.8 Å². The molecule has 9 heteroatoms. The minimum Gasteiger partial charge on any atom is -0.494 e. The highest BCUT2D eigenvalue weighted by Crippen LogP contribution is 2.28. The minimum absolute atomic E-state index is 0.0111. The summed E-state index contributed by atoms with van der Waals surface area (Å²) in [6, 6.07) is 8.79. The van der Waals surface area contributed by atoms with Crippen LogP contribution in [0.2, 0.25) is 0 Å². The molecule has 3 heterocycles. The molecule has 0 bridgehead atoms. The summed E-state index contributed by atoms with van der Waals surface area (Å²) in [5.41, 5.74) is -0.975. The molecule has 0 unspecified atom stereocenters. The van der Waals surface area contributed by atoms with Crippen LogP contribution in [0.25, 0.3) is 28.1 Å². The second-order valence-electron chi connectivity index (χ2n) is 7.00. The molecule has 0 amide bonds. The Kier molecular flexibility index (Phi) is 4.37. The molecule has 3 aromatic heterocycles. The summed E-state index contributed by atoms with van der Waals surface area (Å²) in [6.45, 7) is 2.42. The zero-order chi connectivity index (χ0) is 20.9.